The summed E-state index contributed by atoms with van der Waals surface area (Å²) in [5, 5.41) is 0. The molecule has 0 amide bonds. The Balaban J connectivity index is 2.53. The lowest BCUT2D eigenvalue weighted by Gasteiger charge is -2.11. The van der Waals surface area contributed by atoms with Crippen molar-refractivity contribution in [1.82, 2.24) is 9.55 Å². The summed E-state index contributed by atoms with van der Waals surface area (Å²) in [4.78, 5) is 16.6. The monoisotopic (exact) mass is 242 g/mol. The number of aromatic nitrogens is 2. The van der Waals surface area contributed by atoms with E-state index >= 15 is 0 Å². The van der Waals surface area contributed by atoms with Crippen LogP contribution in [0.25, 0.3) is 5.69 Å². The summed E-state index contributed by atoms with van der Waals surface area (Å²) in [7, 11) is 0. The van der Waals surface area contributed by atoms with E-state index in [0.29, 0.717) is 5.92 Å². The lowest BCUT2D eigenvalue weighted by Crippen LogP contribution is -2.23. The Hall–Kier alpha value is -1.90. The second-order valence-electron chi connectivity index (χ2n) is 4.91. The average molecular weight is 242 g/mol. The van der Waals surface area contributed by atoms with Gasteiger partial charge in [-0.2, -0.15) is 0 Å². The number of aryl methyl sites for hydroxylation is 1. The van der Waals surface area contributed by atoms with Crippen LogP contribution < -0.4 is 5.56 Å². The minimum Gasteiger partial charge on any atom is -0.282 e. The Kier molecular flexibility index (Phi) is 3.60. The maximum Gasteiger partial charge on any atom is 0.258 e. The van der Waals surface area contributed by atoms with E-state index in [1.54, 1.807) is 17.0 Å². The summed E-state index contributed by atoms with van der Waals surface area (Å²) in [6.45, 7) is 6.15. The van der Waals surface area contributed by atoms with Crippen molar-refractivity contribution in [2.24, 2.45) is 5.92 Å². The summed E-state index contributed by atoms with van der Waals surface area (Å²) in [6, 6.07) is 7.60. The predicted octanol–water partition coefficient (Wildman–Crippen LogP) is 2.74. The van der Waals surface area contributed by atoms with Gasteiger partial charge in [-0.3, -0.25) is 14.3 Å². The molecule has 2 heterocycles. The Morgan fingerprint density at radius 1 is 1.28 bits per heavy atom. The first-order chi connectivity index (χ1) is 8.59. The van der Waals surface area contributed by atoms with Crippen LogP contribution in [-0.4, -0.2) is 9.55 Å². The first-order valence-corrected chi connectivity index (χ1v) is 6.22. The SMILES string of the molecule is Cc1ncccc1-n1cccc(CC(C)C)c1=O. The molecule has 0 aliphatic heterocycles. The van der Waals surface area contributed by atoms with Crippen LogP contribution in [0, 0.1) is 12.8 Å². The smallest absolute Gasteiger partial charge is 0.258 e. The first-order valence-electron chi connectivity index (χ1n) is 6.22. The van der Waals surface area contributed by atoms with Crippen molar-refractivity contribution >= 4 is 0 Å². The van der Waals surface area contributed by atoms with Gasteiger partial charge in [0.2, 0.25) is 0 Å². The fourth-order valence-electron chi connectivity index (χ4n) is 2.05. The molecule has 0 saturated carbocycles. The molecule has 0 N–H and O–H groups in total. The van der Waals surface area contributed by atoms with E-state index in [-0.39, 0.29) is 5.56 Å². The second-order valence-corrected chi connectivity index (χ2v) is 4.91. The van der Waals surface area contributed by atoms with E-state index in [1.165, 1.54) is 0 Å². The van der Waals surface area contributed by atoms with Crippen molar-refractivity contribution in [2.45, 2.75) is 27.2 Å². The Bertz CT molecular complexity index is 599. The summed E-state index contributed by atoms with van der Waals surface area (Å²) in [5.41, 5.74) is 2.63. The van der Waals surface area contributed by atoms with Crippen molar-refractivity contribution in [3.63, 3.8) is 0 Å². The molecule has 0 saturated heterocycles. The summed E-state index contributed by atoms with van der Waals surface area (Å²) >= 11 is 0. The van der Waals surface area contributed by atoms with Crippen molar-refractivity contribution in [1.29, 1.82) is 0 Å². The maximum absolute atomic E-state index is 12.4. The van der Waals surface area contributed by atoms with Gasteiger partial charge in [-0.1, -0.05) is 19.9 Å². The van der Waals surface area contributed by atoms with E-state index in [1.807, 2.05) is 31.2 Å². The summed E-state index contributed by atoms with van der Waals surface area (Å²) in [6.07, 6.45) is 4.34. The van der Waals surface area contributed by atoms with Gasteiger partial charge in [-0.05, 0) is 37.5 Å². The van der Waals surface area contributed by atoms with E-state index in [9.17, 15) is 4.79 Å². The minimum absolute atomic E-state index is 0.0577. The fourth-order valence-corrected chi connectivity index (χ4v) is 2.05. The van der Waals surface area contributed by atoms with Gasteiger partial charge in [-0.25, -0.2) is 0 Å². The molecule has 0 atom stereocenters. The normalized spacial score (nSPS) is 10.9. The number of nitrogens with zero attached hydrogens (tertiary/aromatic N) is 2. The lowest BCUT2D eigenvalue weighted by molar-refractivity contribution is 0.639. The molecule has 0 aromatic carbocycles. The molecule has 0 aliphatic rings. The van der Waals surface area contributed by atoms with Gasteiger partial charge in [0.1, 0.15) is 0 Å². The number of hydrogen-bond donors (Lipinski definition) is 0. The van der Waals surface area contributed by atoms with Crippen LogP contribution in [0.3, 0.4) is 0 Å². The molecule has 3 heteroatoms. The van der Waals surface area contributed by atoms with Crippen LogP contribution in [0.5, 0.6) is 0 Å². The largest absolute Gasteiger partial charge is 0.282 e. The van der Waals surface area contributed by atoms with Crippen LogP contribution >= 0.6 is 0 Å². The van der Waals surface area contributed by atoms with Crippen LogP contribution in [0.2, 0.25) is 0 Å². The molecule has 3 nitrogen and oxygen atoms in total. The summed E-state index contributed by atoms with van der Waals surface area (Å²) in [5.74, 6) is 0.476. The molecule has 0 aliphatic carbocycles. The van der Waals surface area contributed by atoms with Gasteiger partial charge in [0, 0.05) is 18.0 Å². The van der Waals surface area contributed by atoms with Gasteiger partial charge in [0.15, 0.2) is 0 Å². The minimum atomic E-state index is 0.0577. The second kappa shape index (κ2) is 5.17. The molecule has 18 heavy (non-hydrogen) atoms. The predicted molar refractivity (Wildman–Crippen MR) is 73.1 cm³/mol. The molecule has 0 spiro atoms. The van der Waals surface area contributed by atoms with Gasteiger partial charge >= 0.3 is 0 Å². The van der Waals surface area contributed by atoms with Crippen LogP contribution in [-0.2, 0) is 6.42 Å². The lowest BCUT2D eigenvalue weighted by atomic mass is 10.0. The molecule has 2 aromatic rings. The highest BCUT2D eigenvalue weighted by Gasteiger charge is 2.08. The molecule has 0 unspecified atom stereocenters. The van der Waals surface area contributed by atoms with Crippen molar-refractivity contribution in [3.8, 4) is 5.69 Å². The van der Waals surface area contributed by atoms with E-state index in [0.717, 1.165) is 23.4 Å². The third-order valence-electron chi connectivity index (χ3n) is 2.89. The molecule has 0 bridgehead atoms. The highest BCUT2D eigenvalue weighted by molar-refractivity contribution is 5.36. The Morgan fingerprint density at radius 3 is 2.72 bits per heavy atom. The van der Waals surface area contributed by atoms with Crippen LogP contribution in [0.1, 0.15) is 25.1 Å². The van der Waals surface area contributed by atoms with E-state index in [2.05, 4.69) is 18.8 Å². The van der Waals surface area contributed by atoms with Crippen molar-refractivity contribution in [3.05, 3.63) is 58.3 Å². The fraction of sp³-hybridized carbons (Fsp3) is 0.333. The Labute approximate surface area is 107 Å². The number of hydrogen-bond acceptors (Lipinski definition) is 2. The quantitative estimate of drug-likeness (QED) is 0.829. The van der Waals surface area contributed by atoms with E-state index in [4.69, 9.17) is 0 Å². The molecular weight excluding hydrogens is 224 g/mol. The molecule has 2 aromatic heterocycles. The average Bonchev–Trinajstić information content (AvgIpc) is 2.32. The zero-order valence-electron chi connectivity index (χ0n) is 11.1. The highest BCUT2D eigenvalue weighted by Crippen LogP contribution is 2.10. The van der Waals surface area contributed by atoms with Gasteiger partial charge < -0.3 is 0 Å². The molecule has 0 fully saturated rings. The third kappa shape index (κ3) is 2.50. The standard InChI is InChI=1S/C15H18N2O/c1-11(2)10-13-6-5-9-17(15(13)18)14-7-4-8-16-12(14)3/h4-9,11H,10H2,1-3H3. The van der Waals surface area contributed by atoms with Crippen LogP contribution in [0.15, 0.2) is 41.5 Å². The zero-order chi connectivity index (χ0) is 13.1. The zero-order valence-corrected chi connectivity index (χ0v) is 11.1. The van der Waals surface area contributed by atoms with Gasteiger partial charge in [0.25, 0.3) is 5.56 Å². The molecule has 0 radical (unpaired) electrons. The molecule has 2 rings (SSSR count). The summed E-state index contributed by atoms with van der Waals surface area (Å²) < 4.78 is 1.68. The van der Waals surface area contributed by atoms with Crippen molar-refractivity contribution < 1.29 is 0 Å². The molecular formula is C15H18N2O. The topological polar surface area (TPSA) is 34.9 Å². The highest BCUT2D eigenvalue weighted by atomic mass is 16.1. The van der Waals surface area contributed by atoms with Gasteiger partial charge in [0.05, 0.1) is 11.4 Å². The Morgan fingerprint density at radius 2 is 2.06 bits per heavy atom. The number of rotatable bonds is 3. The molecule has 94 valence electrons. The third-order valence-corrected chi connectivity index (χ3v) is 2.89. The van der Waals surface area contributed by atoms with E-state index < -0.39 is 0 Å². The number of pyridine rings is 2. The maximum atomic E-state index is 12.4. The van der Waals surface area contributed by atoms with Crippen molar-refractivity contribution in [2.75, 3.05) is 0 Å². The van der Waals surface area contributed by atoms with Gasteiger partial charge in [-0.15, -0.1) is 0 Å². The van der Waals surface area contributed by atoms with Crippen LogP contribution in [0.4, 0.5) is 0 Å². The first kappa shape index (κ1) is 12.6.